The van der Waals surface area contributed by atoms with Gasteiger partial charge in [0.25, 0.3) is 0 Å². The van der Waals surface area contributed by atoms with E-state index in [1.807, 2.05) is 18.4 Å². The summed E-state index contributed by atoms with van der Waals surface area (Å²) in [6.07, 6.45) is 1.16. The molecule has 1 atom stereocenters. The van der Waals surface area contributed by atoms with Gasteiger partial charge in [0.2, 0.25) is 10.0 Å². The summed E-state index contributed by atoms with van der Waals surface area (Å²) in [5.74, 6) is 0.0190. The first kappa shape index (κ1) is 14.5. The van der Waals surface area contributed by atoms with Crippen molar-refractivity contribution in [2.75, 3.05) is 18.6 Å². The maximum Gasteiger partial charge on any atom is 0.211 e. The van der Waals surface area contributed by atoms with Crippen molar-refractivity contribution >= 4 is 21.8 Å². The molecule has 1 aromatic carbocycles. The molecule has 1 aromatic rings. The highest BCUT2D eigenvalue weighted by Crippen LogP contribution is 2.18. The molecule has 0 radical (unpaired) electrons. The van der Waals surface area contributed by atoms with Crippen molar-refractivity contribution in [2.45, 2.75) is 17.9 Å². The van der Waals surface area contributed by atoms with Crippen LogP contribution in [0.2, 0.25) is 0 Å². The number of aliphatic hydroxyl groups excluding tert-OH is 1. The van der Waals surface area contributed by atoms with Crippen molar-refractivity contribution < 1.29 is 13.5 Å². The number of rotatable bonds is 6. The summed E-state index contributed by atoms with van der Waals surface area (Å²) in [5, 5.41) is 9.81. The lowest BCUT2D eigenvalue weighted by Crippen LogP contribution is -2.29. The van der Waals surface area contributed by atoms with E-state index in [0.717, 1.165) is 4.90 Å². The van der Waals surface area contributed by atoms with Crippen LogP contribution in [0.1, 0.15) is 18.6 Å². The molecule has 0 spiro atoms. The summed E-state index contributed by atoms with van der Waals surface area (Å²) < 4.78 is 24.8. The monoisotopic (exact) mass is 275 g/mol. The van der Waals surface area contributed by atoms with E-state index in [0.29, 0.717) is 5.56 Å². The van der Waals surface area contributed by atoms with Crippen LogP contribution >= 0.6 is 11.8 Å². The lowest BCUT2D eigenvalue weighted by atomic mass is 10.1. The minimum atomic E-state index is -3.25. The highest BCUT2D eigenvalue weighted by atomic mass is 32.2. The first-order chi connectivity index (χ1) is 7.98. The van der Waals surface area contributed by atoms with E-state index in [9.17, 15) is 13.5 Å². The quantitative estimate of drug-likeness (QED) is 0.770. The first-order valence-electron chi connectivity index (χ1n) is 5.28. The van der Waals surface area contributed by atoms with Gasteiger partial charge >= 0.3 is 0 Å². The molecule has 6 heteroatoms. The zero-order chi connectivity index (χ0) is 12.9. The summed E-state index contributed by atoms with van der Waals surface area (Å²) in [7, 11) is -3.25. The van der Waals surface area contributed by atoms with Gasteiger partial charge < -0.3 is 5.11 Å². The zero-order valence-corrected chi connectivity index (χ0v) is 11.5. The van der Waals surface area contributed by atoms with Gasteiger partial charge in [0.05, 0.1) is 11.9 Å². The van der Waals surface area contributed by atoms with Crippen molar-refractivity contribution in [1.29, 1.82) is 0 Å². The molecule has 4 nitrogen and oxygen atoms in total. The molecule has 17 heavy (non-hydrogen) atoms. The van der Waals surface area contributed by atoms with Crippen LogP contribution in [0.3, 0.4) is 0 Å². The van der Waals surface area contributed by atoms with E-state index >= 15 is 0 Å². The second-order valence-corrected chi connectivity index (χ2v) is 6.52. The lowest BCUT2D eigenvalue weighted by Gasteiger charge is -2.12. The Bertz CT molecular complexity index is 442. The number of hydrogen-bond acceptors (Lipinski definition) is 4. The Morgan fingerprint density at radius 2 is 1.94 bits per heavy atom. The van der Waals surface area contributed by atoms with Gasteiger partial charge in [-0.25, -0.2) is 13.1 Å². The van der Waals surface area contributed by atoms with Gasteiger partial charge in [-0.2, -0.15) is 0 Å². The molecule has 0 bridgehead atoms. The van der Waals surface area contributed by atoms with Gasteiger partial charge in [0, 0.05) is 11.4 Å². The molecule has 0 aromatic heterocycles. The predicted octanol–water partition coefficient (Wildman–Crippen LogP) is 1.38. The number of aliphatic hydroxyl groups is 1. The van der Waals surface area contributed by atoms with Gasteiger partial charge in [0.15, 0.2) is 0 Å². The minimum absolute atomic E-state index is 0.00872. The molecular formula is C11H17NO3S2. The molecule has 1 unspecified atom stereocenters. The fraction of sp³-hybridized carbons (Fsp3) is 0.455. The van der Waals surface area contributed by atoms with Crippen molar-refractivity contribution in [3.8, 4) is 0 Å². The number of hydrogen-bond donors (Lipinski definition) is 2. The SMILES string of the molecule is CCS(=O)(=O)NCC(O)c1ccc(SC)cc1. The van der Waals surface area contributed by atoms with Crippen molar-refractivity contribution in [3.63, 3.8) is 0 Å². The molecule has 0 aliphatic rings. The number of nitrogens with one attached hydrogen (secondary N) is 1. The molecule has 0 aliphatic carbocycles. The average molecular weight is 275 g/mol. The zero-order valence-electron chi connectivity index (χ0n) is 9.88. The topological polar surface area (TPSA) is 66.4 Å². The van der Waals surface area contributed by atoms with Gasteiger partial charge in [-0.05, 0) is 30.9 Å². The molecule has 96 valence electrons. The Morgan fingerprint density at radius 1 is 1.35 bits per heavy atom. The lowest BCUT2D eigenvalue weighted by molar-refractivity contribution is 0.182. The van der Waals surface area contributed by atoms with Crippen LogP contribution in [0.5, 0.6) is 0 Å². The van der Waals surface area contributed by atoms with Crippen molar-refractivity contribution in [2.24, 2.45) is 0 Å². The number of thioether (sulfide) groups is 1. The summed E-state index contributed by atoms with van der Waals surface area (Å²) in [6, 6.07) is 7.41. The second kappa shape index (κ2) is 6.39. The van der Waals surface area contributed by atoms with Crippen LogP contribution in [-0.2, 0) is 10.0 Å². The fourth-order valence-electron chi connectivity index (χ4n) is 1.25. The summed E-state index contributed by atoms with van der Waals surface area (Å²) in [6.45, 7) is 1.57. The van der Waals surface area contributed by atoms with E-state index < -0.39 is 16.1 Å². The van der Waals surface area contributed by atoms with E-state index in [1.54, 1.807) is 30.8 Å². The summed E-state index contributed by atoms with van der Waals surface area (Å²) in [5.41, 5.74) is 0.710. The molecule has 0 saturated carbocycles. The third-order valence-corrected chi connectivity index (χ3v) is 4.49. The van der Waals surface area contributed by atoms with Gasteiger partial charge in [-0.1, -0.05) is 12.1 Å². The Kier molecular flexibility index (Phi) is 5.45. The highest BCUT2D eigenvalue weighted by Gasteiger charge is 2.12. The maximum absolute atomic E-state index is 11.2. The molecular weight excluding hydrogens is 258 g/mol. The molecule has 0 fully saturated rings. The average Bonchev–Trinajstić information content (AvgIpc) is 2.36. The summed E-state index contributed by atoms with van der Waals surface area (Å²) in [4.78, 5) is 1.11. The Morgan fingerprint density at radius 3 is 2.41 bits per heavy atom. The van der Waals surface area contributed by atoms with Crippen molar-refractivity contribution in [3.05, 3.63) is 29.8 Å². The summed E-state index contributed by atoms with van der Waals surface area (Å²) >= 11 is 1.62. The van der Waals surface area contributed by atoms with Crippen LogP contribution in [0.4, 0.5) is 0 Å². The number of sulfonamides is 1. The van der Waals surface area contributed by atoms with Crippen LogP contribution in [-0.4, -0.2) is 32.1 Å². The van der Waals surface area contributed by atoms with E-state index in [1.165, 1.54) is 0 Å². The predicted molar refractivity (Wildman–Crippen MR) is 70.6 cm³/mol. The largest absolute Gasteiger partial charge is 0.387 e. The highest BCUT2D eigenvalue weighted by molar-refractivity contribution is 7.98. The van der Waals surface area contributed by atoms with Gasteiger partial charge in [-0.3, -0.25) is 0 Å². The normalized spacial score (nSPS) is 13.6. The van der Waals surface area contributed by atoms with Crippen LogP contribution in [0.15, 0.2) is 29.2 Å². The van der Waals surface area contributed by atoms with E-state index in [2.05, 4.69) is 4.72 Å². The molecule has 0 aliphatic heterocycles. The smallest absolute Gasteiger partial charge is 0.211 e. The molecule has 0 saturated heterocycles. The minimum Gasteiger partial charge on any atom is -0.387 e. The Balaban J connectivity index is 2.60. The second-order valence-electron chi connectivity index (χ2n) is 3.54. The molecule has 2 N–H and O–H groups in total. The van der Waals surface area contributed by atoms with Crippen molar-refractivity contribution in [1.82, 2.24) is 4.72 Å². The third kappa shape index (κ3) is 4.67. The Labute approximate surface area is 106 Å². The van der Waals surface area contributed by atoms with Crippen LogP contribution < -0.4 is 4.72 Å². The maximum atomic E-state index is 11.2. The third-order valence-electron chi connectivity index (χ3n) is 2.38. The van der Waals surface area contributed by atoms with E-state index in [-0.39, 0.29) is 12.3 Å². The van der Waals surface area contributed by atoms with E-state index in [4.69, 9.17) is 0 Å². The molecule has 1 rings (SSSR count). The molecule has 0 amide bonds. The first-order valence-corrected chi connectivity index (χ1v) is 8.15. The van der Waals surface area contributed by atoms with Gasteiger partial charge in [-0.15, -0.1) is 11.8 Å². The van der Waals surface area contributed by atoms with Crippen LogP contribution in [0.25, 0.3) is 0 Å². The fourth-order valence-corrected chi connectivity index (χ4v) is 2.28. The number of benzene rings is 1. The standard InChI is InChI=1S/C11H17NO3S2/c1-3-17(14,15)12-8-11(13)9-4-6-10(16-2)7-5-9/h4-7,11-13H,3,8H2,1-2H3. The van der Waals surface area contributed by atoms with Gasteiger partial charge in [0.1, 0.15) is 0 Å². The molecule has 0 heterocycles. The van der Waals surface area contributed by atoms with Crippen LogP contribution in [0, 0.1) is 0 Å². The Hall–Kier alpha value is -0.560.